The average molecular weight is 861 g/mol. The number of rotatable bonds is 5. The Labute approximate surface area is 300 Å². The maximum Gasteiger partial charge on any atom is 0.416 e. The summed E-state index contributed by atoms with van der Waals surface area (Å²) >= 11 is 17.8. The molecule has 4 aromatic carbocycles. The zero-order chi connectivity index (χ0) is 40.5. The number of hydrogen-bond acceptors (Lipinski definition) is 0. The molecular formula is C30H13BCl3F18Si-. The van der Waals surface area contributed by atoms with E-state index in [4.69, 9.17) is 33.2 Å². The van der Waals surface area contributed by atoms with Gasteiger partial charge < -0.3 is 0 Å². The molecule has 0 aliphatic heterocycles. The van der Waals surface area contributed by atoms with Crippen molar-refractivity contribution in [2.24, 2.45) is 0 Å². The van der Waals surface area contributed by atoms with E-state index in [0.29, 0.717) is 12.1 Å². The number of benzene rings is 4. The van der Waals surface area contributed by atoms with E-state index >= 15 is 0 Å². The predicted molar refractivity (Wildman–Crippen MR) is 163 cm³/mol. The van der Waals surface area contributed by atoms with Gasteiger partial charge in [0.1, 0.15) is 6.15 Å². The van der Waals surface area contributed by atoms with Gasteiger partial charge in [-0.25, -0.2) is 0 Å². The van der Waals surface area contributed by atoms with E-state index in [0.717, 1.165) is 12.1 Å². The third-order valence-corrected chi connectivity index (χ3v) is 11.0. The lowest BCUT2D eigenvalue weighted by atomic mass is 9.12. The molecule has 0 atom stereocenters. The minimum absolute atomic E-state index is 0.228. The van der Waals surface area contributed by atoms with Crippen molar-refractivity contribution in [3.63, 3.8) is 0 Å². The molecule has 0 saturated carbocycles. The van der Waals surface area contributed by atoms with Crippen molar-refractivity contribution in [2.45, 2.75) is 37.1 Å². The van der Waals surface area contributed by atoms with Gasteiger partial charge in [0.15, 0.2) is 0 Å². The predicted octanol–water partition coefficient (Wildman–Crippen LogP) is 10.0. The van der Waals surface area contributed by atoms with E-state index in [-0.39, 0.29) is 41.6 Å². The third-order valence-electron chi connectivity index (χ3n) is 8.07. The van der Waals surface area contributed by atoms with Crippen molar-refractivity contribution in [3.8, 4) is 0 Å². The van der Waals surface area contributed by atoms with Gasteiger partial charge in [0, 0.05) is 0 Å². The Morgan fingerprint density at radius 3 is 0.698 bits per heavy atom. The quantitative estimate of drug-likeness (QED) is 0.107. The van der Waals surface area contributed by atoms with Gasteiger partial charge in [-0.1, -0.05) is 60.7 Å². The van der Waals surface area contributed by atoms with E-state index in [9.17, 15) is 79.0 Å². The van der Waals surface area contributed by atoms with Gasteiger partial charge >= 0.3 is 43.1 Å². The first-order chi connectivity index (χ1) is 23.7. The second kappa shape index (κ2) is 13.5. The minimum atomic E-state index is -5.79. The van der Waals surface area contributed by atoms with Gasteiger partial charge in [-0.3, -0.25) is 0 Å². The minimum Gasteiger partial charge on any atom is -0.195 e. The zero-order valence-corrected chi connectivity index (χ0v) is 28.3. The molecule has 0 bridgehead atoms. The Morgan fingerprint density at radius 1 is 0.321 bits per heavy atom. The molecule has 4 aromatic rings. The lowest BCUT2D eigenvalue weighted by molar-refractivity contribution is -0.144. The van der Waals surface area contributed by atoms with Crippen LogP contribution in [0.1, 0.15) is 33.4 Å². The first-order valence-electron chi connectivity index (χ1n) is 13.9. The fraction of sp³-hybridized carbons (Fsp3) is 0.200. The molecule has 0 nitrogen and oxygen atoms in total. The largest absolute Gasteiger partial charge is 0.416 e. The number of hydrogen-bond donors (Lipinski definition) is 0. The van der Waals surface area contributed by atoms with Crippen LogP contribution in [0.4, 0.5) is 79.0 Å². The summed E-state index contributed by atoms with van der Waals surface area (Å²) in [7, 11) is 0. The fourth-order valence-corrected chi connectivity index (χ4v) is 7.48. The Kier molecular flexibility index (Phi) is 10.8. The molecule has 23 heteroatoms. The summed E-state index contributed by atoms with van der Waals surface area (Å²) in [4.78, 5) is 0. The van der Waals surface area contributed by atoms with Gasteiger partial charge in [0.2, 0.25) is 0 Å². The molecule has 0 aliphatic carbocycles. The average Bonchev–Trinajstić information content (AvgIpc) is 2.98. The molecule has 0 spiro atoms. The Hall–Kier alpha value is -3.23. The van der Waals surface area contributed by atoms with Gasteiger partial charge in [0.25, 0.3) is 0 Å². The SMILES string of the molecule is FC(F)(F)c1cc([B-](c2ccc([Si](Cl)(Cl)Cl)cc2)(c2cc(C(F)(F)F)cc(C(F)(F)F)c2)c2cc(C(F)(F)F)cc(C(F)(F)F)c2)cc(C(F)(F)F)c1. The summed E-state index contributed by atoms with van der Waals surface area (Å²) in [6, 6.07) is -4.31. The Morgan fingerprint density at radius 2 is 0.528 bits per heavy atom. The molecule has 288 valence electrons. The molecule has 0 unspecified atom stereocenters. The second-order valence-corrected chi connectivity index (χ2v) is 19.9. The van der Waals surface area contributed by atoms with E-state index in [1.807, 2.05) is 0 Å². The van der Waals surface area contributed by atoms with E-state index in [2.05, 4.69) is 0 Å². The molecule has 0 amide bonds. The van der Waals surface area contributed by atoms with Gasteiger partial charge in [-0.15, -0.1) is 33.2 Å². The summed E-state index contributed by atoms with van der Waals surface area (Å²) < 4.78 is 256. The highest BCUT2D eigenvalue weighted by Gasteiger charge is 2.45. The molecular weight excluding hydrogens is 848 g/mol. The molecule has 4 rings (SSSR count). The maximum atomic E-state index is 14.2. The first kappa shape index (κ1) is 42.5. The molecule has 53 heavy (non-hydrogen) atoms. The lowest BCUT2D eigenvalue weighted by Crippen LogP contribution is -2.75. The molecule has 0 heterocycles. The van der Waals surface area contributed by atoms with Crippen molar-refractivity contribution in [2.75, 3.05) is 0 Å². The topological polar surface area (TPSA) is 0 Å². The molecule has 0 radical (unpaired) electrons. The standard InChI is InChI=1S/C30H13BCl3F18Si/c32-53(33,34)24-3-1-20(2-4-24)31(21-8-14(25(35,36)37)5-15(9-21)26(38,39)40,22-10-16(27(41,42)43)6-17(11-22)28(44,45)46)23-12-18(29(47,48)49)7-19(13-23)30(50,51)52/h1-13H/q-1. The fourth-order valence-electron chi connectivity index (χ4n) is 5.80. The van der Waals surface area contributed by atoms with Crippen molar-refractivity contribution in [1.29, 1.82) is 0 Å². The van der Waals surface area contributed by atoms with Crippen molar-refractivity contribution >= 4 is 72.4 Å². The first-order valence-corrected chi connectivity index (χ1v) is 18.9. The molecule has 0 aromatic heterocycles. The lowest BCUT2D eigenvalue weighted by Gasteiger charge is -2.46. The van der Waals surface area contributed by atoms with E-state index < -0.39 is 123 Å². The molecule has 0 saturated heterocycles. The molecule has 0 fully saturated rings. The Bertz CT molecular complexity index is 1710. The van der Waals surface area contributed by atoms with Crippen LogP contribution >= 0.6 is 33.2 Å². The van der Waals surface area contributed by atoms with E-state index in [1.165, 1.54) is 0 Å². The van der Waals surface area contributed by atoms with Crippen LogP contribution in [-0.4, -0.2) is 12.1 Å². The zero-order valence-electron chi connectivity index (χ0n) is 25.0. The van der Waals surface area contributed by atoms with Gasteiger partial charge in [-0.2, -0.15) is 101 Å². The third kappa shape index (κ3) is 9.02. The number of halogens is 21. The van der Waals surface area contributed by atoms with Crippen LogP contribution < -0.4 is 27.0 Å². The highest BCUT2D eigenvalue weighted by atomic mass is 35.8. The summed E-state index contributed by atoms with van der Waals surface area (Å²) in [6.45, 7) is 0. The van der Waals surface area contributed by atoms with Crippen molar-refractivity contribution in [1.82, 2.24) is 0 Å². The second-order valence-electron chi connectivity index (χ2n) is 11.5. The van der Waals surface area contributed by atoms with Crippen molar-refractivity contribution in [3.05, 3.63) is 112 Å². The highest BCUT2D eigenvalue weighted by Crippen LogP contribution is 2.39. The van der Waals surface area contributed by atoms with Gasteiger partial charge in [-0.05, 0) is 23.4 Å². The van der Waals surface area contributed by atoms with Crippen LogP contribution in [0.25, 0.3) is 0 Å². The van der Waals surface area contributed by atoms with Crippen LogP contribution in [-0.2, 0) is 37.1 Å². The van der Waals surface area contributed by atoms with Crippen LogP contribution in [0.5, 0.6) is 0 Å². The van der Waals surface area contributed by atoms with E-state index in [1.54, 1.807) is 0 Å². The molecule has 0 aliphatic rings. The van der Waals surface area contributed by atoms with Gasteiger partial charge in [0.05, 0.1) is 33.4 Å². The monoisotopic (exact) mass is 859 g/mol. The van der Waals surface area contributed by atoms with Crippen LogP contribution in [0.3, 0.4) is 0 Å². The van der Waals surface area contributed by atoms with Crippen LogP contribution in [0.2, 0.25) is 0 Å². The van der Waals surface area contributed by atoms with Crippen LogP contribution in [0, 0.1) is 0 Å². The summed E-state index contributed by atoms with van der Waals surface area (Å²) in [5, 5.41) is -0.281. The van der Waals surface area contributed by atoms with Crippen LogP contribution in [0.15, 0.2) is 78.9 Å². The number of alkyl halides is 18. The highest BCUT2D eigenvalue weighted by molar-refractivity contribution is 7.69. The molecule has 0 N–H and O–H groups in total. The maximum absolute atomic E-state index is 14.2. The summed E-state index contributed by atoms with van der Waals surface area (Å²) in [5.41, 5.74) is -19.4. The summed E-state index contributed by atoms with van der Waals surface area (Å²) in [5.74, 6) is 0. The normalized spacial score (nSPS) is 14.1. The van der Waals surface area contributed by atoms with Crippen molar-refractivity contribution < 1.29 is 79.0 Å². The Balaban J connectivity index is 2.49. The smallest absolute Gasteiger partial charge is 0.195 e. The summed E-state index contributed by atoms with van der Waals surface area (Å²) in [6.07, 6.45) is -39.6.